The van der Waals surface area contributed by atoms with E-state index in [0.717, 1.165) is 22.3 Å². The van der Waals surface area contributed by atoms with E-state index < -0.39 is 5.60 Å². The van der Waals surface area contributed by atoms with E-state index >= 15 is 0 Å². The Bertz CT molecular complexity index is 1130. The molecule has 0 saturated carbocycles. The Balaban J connectivity index is 1.94. The van der Waals surface area contributed by atoms with Crippen molar-refractivity contribution in [1.82, 2.24) is 0 Å². The average Bonchev–Trinajstić information content (AvgIpc) is 2.95. The fourth-order valence-electron chi connectivity index (χ4n) is 4.75. The standard InChI is InChI=1S/C36H44O2S/c1-8-28(3)34(37)29(4)33(39-35(5,6)7)25-24-27(2)26-38-36(30-18-12-9-13-19-30,31-20-14-10-15-21-31)32-22-16-11-17-23-32/h8-25,27,29,33H,26H2,1-7H3/b25-24+,28-8+/t27-,29+,33+/m1/s1. The molecule has 39 heavy (non-hydrogen) atoms. The zero-order valence-electron chi connectivity index (χ0n) is 24.6. The Morgan fingerprint density at radius 1 is 0.795 bits per heavy atom. The summed E-state index contributed by atoms with van der Waals surface area (Å²) >= 11 is 1.85. The third kappa shape index (κ3) is 8.06. The Morgan fingerprint density at radius 3 is 1.62 bits per heavy atom. The molecule has 0 unspecified atom stereocenters. The second-order valence-electron chi connectivity index (χ2n) is 11.3. The van der Waals surface area contributed by atoms with Crippen molar-refractivity contribution in [1.29, 1.82) is 0 Å². The molecular formula is C36H44O2S. The third-order valence-electron chi connectivity index (χ3n) is 6.95. The fraction of sp³-hybridized carbons (Fsp3) is 0.361. The van der Waals surface area contributed by atoms with Crippen molar-refractivity contribution in [3.8, 4) is 0 Å². The van der Waals surface area contributed by atoms with Crippen molar-refractivity contribution >= 4 is 17.5 Å². The van der Waals surface area contributed by atoms with Crippen LogP contribution < -0.4 is 0 Å². The number of hydrogen-bond donors (Lipinski definition) is 0. The highest BCUT2D eigenvalue weighted by atomic mass is 32.2. The molecule has 0 heterocycles. The Kier molecular flexibility index (Phi) is 11.0. The average molecular weight is 541 g/mol. The summed E-state index contributed by atoms with van der Waals surface area (Å²) in [7, 11) is 0. The van der Waals surface area contributed by atoms with Gasteiger partial charge < -0.3 is 4.74 Å². The number of carbonyl (C=O) groups is 1. The van der Waals surface area contributed by atoms with Gasteiger partial charge in [0.05, 0.1) is 6.61 Å². The van der Waals surface area contributed by atoms with Crippen molar-refractivity contribution in [2.75, 3.05) is 6.61 Å². The maximum atomic E-state index is 13.0. The molecule has 0 saturated heterocycles. The fourth-order valence-corrected chi connectivity index (χ4v) is 6.06. The van der Waals surface area contributed by atoms with Gasteiger partial charge in [0.15, 0.2) is 5.78 Å². The number of ether oxygens (including phenoxy) is 1. The minimum Gasteiger partial charge on any atom is -0.360 e. The monoisotopic (exact) mass is 540 g/mol. The van der Waals surface area contributed by atoms with E-state index in [1.807, 2.05) is 49.9 Å². The number of hydrogen-bond acceptors (Lipinski definition) is 3. The number of carbonyl (C=O) groups excluding carboxylic acids is 1. The SMILES string of the molecule is C/C=C(\C)C(=O)[C@@H](C)[C@H](/C=C/[C@@H](C)COC(c1ccccc1)(c1ccccc1)c1ccccc1)SC(C)(C)C. The van der Waals surface area contributed by atoms with E-state index in [2.05, 4.69) is 120 Å². The van der Waals surface area contributed by atoms with Gasteiger partial charge in [-0.2, -0.15) is 0 Å². The molecule has 0 aromatic heterocycles. The van der Waals surface area contributed by atoms with Crippen molar-refractivity contribution in [2.24, 2.45) is 11.8 Å². The molecule has 0 bridgehead atoms. The van der Waals surface area contributed by atoms with E-state index in [0.29, 0.717) is 6.61 Å². The maximum Gasteiger partial charge on any atom is 0.162 e. The van der Waals surface area contributed by atoms with E-state index in [1.165, 1.54) is 0 Å². The van der Waals surface area contributed by atoms with Gasteiger partial charge in [0.2, 0.25) is 0 Å². The molecule has 3 atom stereocenters. The van der Waals surface area contributed by atoms with Gasteiger partial charge in [-0.15, -0.1) is 11.8 Å². The molecule has 0 aliphatic carbocycles. The van der Waals surface area contributed by atoms with Gasteiger partial charge in [-0.3, -0.25) is 4.79 Å². The van der Waals surface area contributed by atoms with Gasteiger partial charge in [0.1, 0.15) is 5.60 Å². The molecule has 0 spiro atoms. The molecule has 3 aromatic carbocycles. The van der Waals surface area contributed by atoms with Gasteiger partial charge in [-0.25, -0.2) is 0 Å². The minimum atomic E-state index is -0.738. The van der Waals surface area contributed by atoms with Gasteiger partial charge in [-0.1, -0.05) is 144 Å². The zero-order chi connectivity index (χ0) is 28.5. The molecular weight excluding hydrogens is 496 g/mol. The van der Waals surface area contributed by atoms with Crippen LogP contribution in [0.3, 0.4) is 0 Å². The molecule has 3 aromatic rings. The predicted octanol–water partition coefficient (Wildman–Crippen LogP) is 9.26. The molecule has 0 fully saturated rings. The van der Waals surface area contributed by atoms with Crippen molar-refractivity contribution in [3.05, 3.63) is 131 Å². The first-order valence-electron chi connectivity index (χ1n) is 13.9. The second kappa shape index (κ2) is 14.0. The lowest BCUT2D eigenvalue weighted by Gasteiger charge is -2.36. The summed E-state index contributed by atoms with van der Waals surface area (Å²) in [5, 5.41) is 0.0805. The molecule has 2 nitrogen and oxygen atoms in total. The van der Waals surface area contributed by atoms with Crippen molar-refractivity contribution in [3.63, 3.8) is 0 Å². The van der Waals surface area contributed by atoms with Crippen LogP contribution in [0.2, 0.25) is 0 Å². The van der Waals surface area contributed by atoms with E-state index in [9.17, 15) is 4.79 Å². The summed E-state index contributed by atoms with van der Waals surface area (Å²) in [4.78, 5) is 13.0. The third-order valence-corrected chi connectivity index (χ3v) is 8.50. The summed E-state index contributed by atoms with van der Waals surface area (Å²) < 4.78 is 7.05. The van der Waals surface area contributed by atoms with Crippen LogP contribution in [-0.4, -0.2) is 22.4 Å². The summed E-state index contributed by atoms with van der Waals surface area (Å²) in [5.41, 5.74) is 3.38. The van der Waals surface area contributed by atoms with Crippen LogP contribution in [0.1, 0.15) is 65.2 Å². The molecule has 0 N–H and O–H groups in total. The largest absolute Gasteiger partial charge is 0.360 e. The summed E-state index contributed by atoms with van der Waals surface area (Å²) in [5.74, 6) is 0.254. The summed E-state index contributed by atoms with van der Waals surface area (Å²) in [6, 6.07) is 31.4. The molecule has 0 amide bonds. The number of benzene rings is 3. The molecule has 3 rings (SSSR count). The Morgan fingerprint density at radius 2 is 1.23 bits per heavy atom. The van der Waals surface area contributed by atoms with E-state index in [4.69, 9.17) is 4.74 Å². The highest BCUT2D eigenvalue weighted by molar-refractivity contribution is 8.01. The number of thioether (sulfide) groups is 1. The van der Waals surface area contributed by atoms with Crippen LogP contribution in [0.5, 0.6) is 0 Å². The quantitative estimate of drug-likeness (QED) is 0.130. The summed E-state index contributed by atoms with van der Waals surface area (Å²) in [6.07, 6.45) is 6.36. The number of allylic oxidation sites excluding steroid dienone is 2. The van der Waals surface area contributed by atoms with Crippen LogP contribution in [0.15, 0.2) is 115 Å². The normalized spacial score (nSPS) is 15.2. The molecule has 0 aliphatic rings. The Hall–Kier alpha value is -2.88. The van der Waals surface area contributed by atoms with Gasteiger partial charge in [0.25, 0.3) is 0 Å². The smallest absolute Gasteiger partial charge is 0.162 e. The highest BCUT2D eigenvalue weighted by Gasteiger charge is 2.37. The van der Waals surface area contributed by atoms with Crippen molar-refractivity contribution < 1.29 is 9.53 Å². The van der Waals surface area contributed by atoms with Gasteiger partial charge in [0, 0.05) is 15.9 Å². The maximum absolute atomic E-state index is 13.0. The van der Waals surface area contributed by atoms with E-state index in [-0.39, 0.29) is 27.6 Å². The van der Waals surface area contributed by atoms with Crippen LogP contribution in [0.25, 0.3) is 0 Å². The Labute approximate surface area is 240 Å². The zero-order valence-corrected chi connectivity index (χ0v) is 25.4. The lowest BCUT2D eigenvalue weighted by molar-refractivity contribution is -0.118. The second-order valence-corrected chi connectivity index (χ2v) is 13.3. The predicted molar refractivity (Wildman–Crippen MR) is 168 cm³/mol. The van der Waals surface area contributed by atoms with Gasteiger partial charge in [-0.05, 0) is 42.0 Å². The highest BCUT2D eigenvalue weighted by Crippen LogP contribution is 2.41. The van der Waals surface area contributed by atoms with Crippen LogP contribution in [0.4, 0.5) is 0 Å². The van der Waals surface area contributed by atoms with Crippen LogP contribution >= 0.6 is 11.8 Å². The topological polar surface area (TPSA) is 26.3 Å². The number of Topliss-reactive ketones (excluding diaryl/α,β-unsaturated/α-hetero) is 1. The minimum absolute atomic E-state index is 0.0379. The number of rotatable bonds is 12. The first-order chi connectivity index (χ1) is 18.6. The molecule has 3 heteroatoms. The first kappa shape index (κ1) is 30.7. The lowest BCUT2D eigenvalue weighted by Crippen LogP contribution is -2.34. The van der Waals surface area contributed by atoms with E-state index in [1.54, 1.807) is 0 Å². The molecule has 0 radical (unpaired) electrons. The summed E-state index contributed by atoms with van der Waals surface area (Å²) in [6.45, 7) is 15.2. The molecule has 0 aliphatic heterocycles. The first-order valence-corrected chi connectivity index (χ1v) is 14.8. The lowest BCUT2D eigenvalue weighted by atomic mass is 9.80. The van der Waals surface area contributed by atoms with Crippen LogP contribution in [0, 0.1) is 11.8 Å². The van der Waals surface area contributed by atoms with Crippen molar-refractivity contribution in [2.45, 2.75) is 64.1 Å². The number of ketones is 1. The molecule has 206 valence electrons. The van der Waals surface area contributed by atoms with Crippen LogP contribution in [-0.2, 0) is 15.1 Å². The van der Waals surface area contributed by atoms with Gasteiger partial charge >= 0.3 is 0 Å².